The van der Waals surface area contributed by atoms with Gasteiger partial charge < -0.3 is 4.90 Å². The van der Waals surface area contributed by atoms with Crippen molar-refractivity contribution in [1.29, 1.82) is 0 Å². The number of rotatable bonds is 7. The van der Waals surface area contributed by atoms with Crippen LogP contribution in [0.5, 0.6) is 0 Å². The van der Waals surface area contributed by atoms with Crippen molar-refractivity contribution in [2.24, 2.45) is 0 Å². The van der Waals surface area contributed by atoms with Gasteiger partial charge in [-0.2, -0.15) is 0 Å². The van der Waals surface area contributed by atoms with Gasteiger partial charge in [-0.3, -0.25) is 9.69 Å². The molecule has 0 aromatic heterocycles. The summed E-state index contributed by atoms with van der Waals surface area (Å²) in [5, 5.41) is 0. The third kappa shape index (κ3) is 5.12. The molecule has 122 valence electrons. The molecule has 0 N–H and O–H groups in total. The zero-order chi connectivity index (χ0) is 16.7. The number of hydrogen-bond acceptors (Lipinski definition) is 3. The van der Waals surface area contributed by atoms with Crippen molar-refractivity contribution in [3.63, 3.8) is 0 Å². The first-order valence-electron chi connectivity index (χ1n) is 7.81. The molecule has 0 fully saturated rings. The monoisotopic (exact) mass is 328 g/mol. The van der Waals surface area contributed by atoms with E-state index in [9.17, 15) is 4.79 Å². The zero-order valence-electron chi connectivity index (χ0n) is 14.0. The number of nitrogens with zero attached hydrogens (tertiary/aromatic N) is 2. The van der Waals surface area contributed by atoms with Crippen molar-refractivity contribution in [1.82, 2.24) is 4.90 Å². The lowest BCUT2D eigenvalue weighted by Crippen LogP contribution is -2.38. The summed E-state index contributed by atoms with van der Waals surface area (Å²) in [5.74, 6) is 0.127. The summed E-state index contributed by atoms with van der Waals surface area (Å²) in [6.07, 6.45) is 2.07. The van der Waals surface area contributed by atoms with E-state index in [1.54, 1.807) is 11.8 Å². The highest BCUT2D eigenvalue weighted by Gasteiger charge is 2.15. The summed E-state index contributed by atoms with van der Waals surface area (Å²) >= 11 is 1.74. The van der Waals surface area contributed by atoms with Crippen LogP contribution in [0, 0.1) is 0 Å². The minimum atomic E-state index is 0.127. The predicted molar refractivity (Wildman–Crippen MR) is 99.0 cm³/mol. The third-order valence-corrected chi connectivity index (χ3v) is 4.45. The number of amides is 1. The quantitative estimate of drug-likeness (QED) is 0.720. The number of benzene rings is 2. The topological polar surface area (TPSA) is 23.6 Å². The largest absolute Gasteiger partial charge is 0.312 e. The van der Waals surface area contributed by atoms with Crippen molar-refractivity contribution in [2.75, 3.05) is 31.3 Å². The molecule has 2 aromatic rings. The van der Waals surface area contributed by atoms with E-state index in [-0.39, 0.29) is 5.91 Å². The van der Waals surface area contributed by atoms with Crippen LogP contribution in [0.2, 0.25) is 0 Å². The standard InChI is InChI=1S/C19H24N2OS/c1-4-21(17-8-6-5-7-9-17)19(22)15-20(2)14-16-10-12-18(23-3)13-11-16/h5-13H,4,14-15H2,1-3H3. The van der Waals surface area contributed by atoms with E-state index in [0.717, 1.165) is 12.2 Å². The molecule has 0 spiro atoms. The second kappa shape index (κ2) is 8.75. The van der Waals surface area contributed by atoms with E-state index in [4.69, 9.17) is 0 Å². The normalized spacial score (nSPS) is 10.8. The second-order valence-electron chi connectivity index (χ2n) is 5.49. The summed E-state index contributed by atoms with van der Waals surface area (Å²) < 4.78 is 0. The molecule has 0 saturated carbocycles. The molecule has 0 radical (unpaired) electrons. The molecule has 3 nitrogen and oxygen atoms in total. The Bertz CT molecular complexity index is 613. The molecule has 0 aliphatic rings. The second-order valence-corrected chi connectivity index (χ2v) is 6.37. The number of hydrogen-bond donors (Lipinski definition) is 0. The molecule has 2 aromatic carbocycles. The molecule has 0 bridgehead atoms. The number of thioether (sulfide) groups is 1. The predicted octanol–water partition coefficient (Wildman–Crippen LogP) is 3.89. The van der Waals surface area contributed by atoms with Crippen LogP contribution < -0.4 is 4.90 Å². The molecular formula is C19H24N2OS. The Hall–Kier alpha value is -1.78. The molecule has 23 heavy (non-hydrogen) atoms. The van der Waals surface area contributed by atoms with Crippen molar-refractivity contribution < 1.29 is 4.79 Å². The first-order valence-corrected chi connectivity index (χ1v) is 9.03. The van der Waals surface area contributed by atoms with Gasteiger partial charge in [0, 0.05) is 23.7 Å². The maximum absolute atomic E-state index is 12.6. The lowest BCUT2D eigenvalue weighted by molar-refractivity contribution is -0.119. The number of para-hydroxylation sites is 1. The van der Waals surface area contributed by atoms with E-state index >= 15 is 0 Å². The molecule has 0 aliphatic heterocycles. The molecule has 1 amide bonds. The Kier molecular flexibility index (Phi) is 6.68. The maximum Gasteiger partial charge on any atom is 0.241 e. The van der Waals surface area contributed by atoms with E-state index in [0.29, 0.717) is 13.1 Å². The van der Waals surface area contributed by atoms with Crippen molar-refractivity contribution in [3.8, 4) is 0 Å². The molecule has 0 aliphatic carbocycles. The van der Waals surface area contributed by atoms with Crippen LogP contribution in [-0.4, -0.2) is 37.2 Å². The number of carbonyl (C=O) groups excluding carboxylic acids is 1. The van der Waals surface area contributed by atoms with E-state index < -0.39 is 0 Å². The molecule has 0 heterocycles. The molecule has 0 unspecified atom stereocenters. The zero-order valence-corrected chi connectivity index (χ0v) is 14.8. The SMILES string of the molecule is CCN(C(=O)CN(C)Cc1ccc(SC)cc1)c1ccccc1. The first-order chi connectivity index (χ1) is 11.1. The summed E-state index contributed by atoms with van der Waals surface area (Å²) in [4.78, 5) is 17.7. The average molecular weight is 328 g/mol. The Morgan fingerprint density at radius 3 is 2.26 bits per heavy atom. The van der Waals surface area contributed by atoms with Gasteiger partial charge in [0.25, 0.3) is 0 Å². The Balaban J connectivity index is 1.95. The summed E-state index contributed by atoms with van der Waals surface area (Å²) in [6, 6.07) is 18.3. The van der Waals surface area contributed by atoms with E-state index in [1.165, 1.54) is 10.5 Å². The van der Waals surface area contributed by atoms with E-state index in [2.05, 4.69) is 35.4 Å². The smallest absolute Gasteiger partial charge is 0.241 e. The van der Waals surface area contributed by atoms with Gasteiger partial charge in [0.05, 0.1) is 6.54 Å². The van der Waals surface area contributed by atoms with Gasteiger partial charge in [0.15, 0.2) is 0 Å². The first kappa shape index (κ1) is 17.6. The fourth-order valence-electron chi connectivity index (χ4n) is 2.53. The molecular weight excluding hydrogens is 304 g/mol. The lowest BCUT2D eigenvalue weighted by atomic mass is 10.2. The van der Waals surface area contributed by atoms with Gasteiger partial charge in [0.2, 0.25) is 5.91 Å². The van der Waals surface area contributed by atoms with Gasteiger partial charge in [-0.15, -0.1) is 11.8 Å². The molecule has 4 heteroatoms. The molecule has 2 rings (SSSR count). The van der Waals surface area contributed by atoms with Gasteiger partial charge >= 0.3 is 0 Å². The van der Waals surface area contributed by atoms with Crippen LogP contribution in [0.15, 0.2) is 59.5 Å². The average Bonchev–Trinajstić information content (AvgIpc) is 2.57. The highest BCUT2D eigenvalue weighted by Crippen LogP contribution is 2.16. The molecule has 0 saturated heterocycles. The van der Waals surface area contributed by atoms with Gasteiger partial charge in [-0.25, -0.2) is 0 Å². The van der Waals surface area contributed by atoms with Crippen LogP contribution in [0.3, 0.4) is 0 Å². The lowest BCUT2D eigenvalue weighted by Gasteiger charge is -2.24. The Morgan fingerprint density at radius 2 is 1.70 bits per heavy atom. The number of likely N-dealkylation sites (N-methyl/N-ethyl adjacent to an activating group) is 2. The van der Waals surface area contributed by atoms with Crippen LogP contribution in [0.4, 0.5) is 5.69 Å². The van der Waals surface area contributed by atoms with Crippen molar-refractivity contribution in [3.05, 3.63) is 60.2 Å². The van der Waals surface area contributed by atoms with Crippen molar-refractivity contribution in [2.45, 2.75) is 18.4 Å². The third-order valence-electron chi connectivity index (χ3n) is 3.70. The fraction of sp³-hybridized carbons (Fsp3) is 0.316. The highest BCUT2D eigenvalue weighted by molar-refractivity contribution is 7.98. The van der Waals surface area contributed by atoms with Gasteiger partial charge in [-0.1, -0.05) is 30.3 Å². The minimum Gasteiger partial charge on any atom is -0.312 e. The van der Waals surface area contributed by atoms with Crippen LogP contribution >= 0.6 is 11.8 Å². The van der Waals surface area contributed by atoms with E-state index in [1.807, 2.05) is 49.2 Å². The highest BCUT2D eigenvalue weighted by atomic mass is 32.2. The maximum atomic E-state index is 12.6. The van der Waals surface area contributed by atoms with Crippen LogP contribution in [0.25, 0.3) is 0 Å². The number of anilines is 1. The minimum absolute atomic E-state index is 0.127. The number of carbonyl (C=O) groups is 1. The van der Waals surface area contributed by atoms with Crippen LogP contribution in [0.1, 0.15) is 12.5 Å². The summed E-state index contributed by atoms with van der Waals surface area (Å²) in [5.41, 5.74) is 2.18. The Morgan fingerprint density at radius 1 is 1.04 bits per heavy atom. The Labute approximate surface area is 143 Å². The fourth-order valence-corrected chi connectivity index (χ4v) is 2.93. The van der Waals surface area contributed by atoms with Crippen molar-refractivity contribution >= 4 is 23.4 Å². The summed E-state index contributed by atoms with van der Waals surface area (Å²) in [6.45, 7) is 3.87. The molecule has 0 atom stereocenters. The summed E-state index contributed by atoms with van der Waals surface area (Å²) in [7, 11) is 1.99. The van der Waals surface area contributed by atoms with Crippen LogP contribution in [-0.2, 0) is 11.3 Å². The van der Waals surface area contributed by atoms with Gasteiger partial charge in [0.1, 0.15) is 0 Å². The van der Waals surface area contributed by atoms with Gasteiger partial charge in [-0.05, 0) is 50.1 Å².